The zero-order valence-electron chi connectivity index (χ0n) is 9.59. The van der Waals surface area contributed by atoms with Crippen molar-refractivity contribution in [1.82, 2.24) is 5.32 Å². The molecule has 1 aromatic carbocycles. The lowest BCUT2D eigenvalue weighted by atomic mass is 10.3. The van der Waals surface area contributed by atoms with Crippen molar-refractivity contribution in [2.45, 2.75) is 13.0 Å². The highest BCUT2D eigenvalue weighted by Gasteiger charge is 2.09. The first-order valence-electron chi connectivity index (χ1n) is 5.05. The molecule has 1 rings (SSSR count). The molecule has 1 aromatic rings. The molecular formula is C11H14ClFN2OS. The van der Waals surface area contributed by atoms with Crippen LogP contribution in [0.15, 0.2) is 18.2 Å². The number of hydrogen-bond acceptors (Lipinski definition) is 2. The minimum atomic E-state index is -0.443. The van der Waals surface area contributed by atoms with Crippen LogP contribution in [0.1, 0.15) is 6.92 Å². The number of rotatable bonds is 4. The van der Waals surface area contributed by atoms with E-state index in [1.54, 1.807) is 13.2 Å². The molecule has 0 amide bonds. The number of anilines is 1. The Kier molecular flexibility index (Phi) is 5.61. The van der Waals surface area contributed by atoms with E-state index in [-0.39, 0.29) is 16.8 Å². The van der Waals surface area contributed by atoms with Gasteiger partial charge in [0.25, 0.3) is 0 Å². The normalized spacial score (nSPS) is 12.0. The second-order valence-electron chi connectivity index (χ2n) is 3.55. The Bertz CT molecular complexity index is 383. The van der Waals surface area contributed by atoms with E-state index in [1.807, 2.05) is 6.92 Å². The number of ether oxygens (including phenoxy) is 1. The van der Waals surface area contributed by atoms with E-state index in [4.69, 9.17) is 28.6 Å². The third-order valence-corrected chi connectivity index (χ3v) is 2.53. The van der Waals surface area contributed by atoms with Crippen LogP contribution in [0, 0.1) is 5.82 Å². The van der Waals surface area contributed by atoms with Crippen molar-refractivity contribution in [3.8, 4) is 0 Å². The lowest BCUT2D eigenvalue weighted by molar-refractivity contribution is 0.179. The molecule has 6 heteroatoms. The van der Waals surface area contributed by atoms with Crippen molar-refractivity contribution < 1.29 is 9.13 Å². The molecule has 2 N–H and O–H groups in total. The van der Waals surface area contributed by atoms with Gasteiger partial charge in [0.15, 0.2) is 5.11 Å². The molecule has 0 aliphatic heterocycles. The Morgan fingerprint density at radius 3 is 2.88 bits per heavy atom. The zero-order chi connectivity index (χ0) is 12.8. The molecule has 0 bridgehead atoms. The van der Waals surface area contributed by atoms with Crippen LogP contribution in [0.25, 0.3) is 0 Å². The summed E-state index contributed by atoms with van der Waals surface area (Å²) in [5.74, 6) is -0.443. The summed E-state index contributed by atoms with van der Waals surface area (Å²) in [6.07, 6.45) is 0. The third kappa shape index (κ3) is 4.46. The van der Waals surface area contributed by atoms with E-state index in [0.717, 1.165) is 0 Å². The lowest BCUT2D eigenvalue weighted by Crippen LogP contribution is -2.38. The van der Waals surface area contributed by atoms with Crippen molar-refractivity contribution in [1.29, 1.82) is 0 Å². The SMILES string of the molecule is COCC(C)NC(=S)Nc1c(F)cccc1Cl. The second-order valence-corrected chi connectivity index (χ2v) is 4.37. The largest absolute Gasteiger partial charge is 0.383 e. The van der Waals surface area contributed by atoms with Gasteiger partial charge in [0.2, 0.25) is 0 Å². The van der Waals surface area contributed by atoms with E-state index >= 15 is 0 Å². The van der Waals surface area contributed by atoms with E-state index in [2.05, 4.69) is 10.6 Å². The van der Waals surface area contributed by atoms with Crippen LogP contribution in [0.3, 0.4) is 0 Å². The second kappa shape index (κ2) is 6.74. The summed E-state index contributed by atoms with van der Waals surface area (Å²) in [6.45, 7) is 2.41. The average molecular weight is 277 g/mol. The van der Waals surface area contributed by atoms with E-state index in [1.165, 1.54) is 12.1 Å². The fourth-order valence-electron chi connectivity index (χ4n) is 1.28. The smallest absolute Gasteiger partial charge is 0.171 e. The maximum Gasteiger partial charge on any atom is 0.171 e. The van der Waals surface area contributed by atoms with Gasteiger partial charge in [-0.25, -0.2) is 4.39 Å². The molecule has 1 atom stereocenters. The van der Waals surface area contributed by atoms with Crippen LogP contribution >= 0.6 is 23.8 Å². The number of hydrogen-bond donors (Lipinski definition) is 2. The molecule has 1 unspecified atom stereocenters. The van der Waals surface area contributed by atoms with Crippen LogP contribution < -0.4 is 10.6 Å². The van der Waals surface area contributed by atoms with Crippen LogP contribution in [0.5, 0.6) is 0 Å². The predicted octanol–water partition coefficient (Wildman–Crippen LogP) is 2.80. The van der Waals surface area contributed by atoms with E-state index in [0.29, 0.717) is 11.7 Å². The van der Waals surface area contributed by atoms with Gasteiger partial charge in [-0.2, -0.15) is 0 Å². The summed E-state index contributed by atoms with van der Waals surface area (Å²) in [7, 11) is 1.60. The molecule has 0 radical (unpaired) electrons. The maximum absolute atomic E-state index is 13.4. The Balaban J connectivity index is 2.62. The third-order valence-electron chi connectivity index (χ3n) is 2.00. The topological polar surface area (TPSA) is 33.3 Å². The molecule has 17 heavy (non-hydrogen) atoms. The Hall–Kier alpha value is -0.910. The van der Waals surface area contributed by atoms with Crippen molar-refractivity contribution in [3.63, 3.8) is 0 Å². The Morgan fingerprint density at radius 2 is 2.29 bits per heavy atom. The van der Waals surface area contributed by atoms with Crippen molar-refractivity contribution in [2.75, 3.05) is 19.0 Å². The number of halogens is 2. The van der Waals surface area contributed by atoms with Gasteiger partial charge in [-0.3, -0.25) is 0 Å². The van der Waals surface area contributed by atoms with Crippen molar-refractivity contribution in [2.24, 2.45) is 0 Å². The van der Waals surface area contributed by atoms with Gasteiger partial charge in [-0.1, -0.05) is 17.7 Å². The van der Waals surface area contributed by atoms with Crippen molar-refractivity contribution >= 4 is 34.6 Å². The van der Waals surface area contributed by atoms with Gasteiger partial charge in [0.05, 0.1) is 17.3 Å². The molecule has 0 heterocycles. The lowest BCUT2D eigenvalue weighted by Gasteiger charge is -2.17. The highest BCUT2D eigenvalue weighted by atomic mass is 35.5. The van der Waals surface area contributed by atoms with Gasteiger partial charge in [-0.15, -0.1) is 0 Å². The number of para-hydroxylation sites is 1. The average Bonchev–Trinajstić information content (AvgIpc) is 2.24. The van der Waals surface area contributed by atoms with E-state index < -0.39 is 5.82 Å². The predicted molar refractivity (Wildman–Crippen MR) is 72.1 cm³/mol. The molecule has 0 saturated heterocycles. The van der Waals surface area contributed by atoms with Gasteiger partial charge < -0.3 is 15.4 Å². The molecular weight excluding hydrogens is 263 g/mol. The maximum atomic E-state index is 13.4. The minimum absolute atomic E-state index is 0.0329. The monoisotopic (exact) mass is 276 g/mol. The van der Waals surface area contributed by atoms with E-state index in [9.17, 15) is 4.39 Å². The first kappa shape index (κ1) is 14.2. The summed E-state index contributed by atoms with van der Waals surface area (Å²) >= 11 is 10.9. The Morgan fingerprint density at radius 1 is 1.59 bits per heavy atom. The van der Waals surface area contributed by atoms with Crippen LogP contribution in [-0.4, -0.2) is 24.9 Å². The van der Waals surface area contributed by atoms with Gasteiger partial charge >= 0.3 is 0 Å². The number of benzene rings is 1. The minimum Gasteiger partial charge on any atom is -0.383 e. The first-order valence-corrected chi connectivity index (χ1v) is 5.83. The standard InChI is InChI=1S/C11H14ClFN2OS/c1-7(6-16-2)14-11(17)15-10-8(12)4-3-5-9(10)13/h3-5,7H,6H2,1-2H3,(H2,14,15,17). The van der Waals surface area contributed by atoms with Crippen molar-refractivity contribution in [3.05, 3.63) is 29.0 Å². The molecule has 0 spiro atoms. The summed E-state index contributed by atoms with van der Waals surface area (Å²) in [4.78, 5) is 0. The number of methoxy groups -OCH3 is 1. The fourth-order valence-corrected chi connectivity index (χ4v) is 1.80. The summed E-state index contributed by atoms with van der Waals surface area (Å²) in [5, 5.41) is 6.27. The summed E-state index contributed by atoms with van der Waals surface area (Å²) < 4.78 is 18.4. The highest BCUT2D eigenvalue weighted by Crippen LogP contribution is 2.24. The highest BCUT2D eigenvalue weighted by molar-refractivity contribution is 7.80. The zero-order valence-corrected chi connectivity index (χ0v) is 11.2. The number of nitrogens with one attached hydrogen (secondary N) is 2. The fraction of sp³-hybridized carbons (Fsp3) is 0.364. The molecule has 0 saturated carbocycles. The summed E-state index contributed by atoms with van der Waals surface area (Å²) in [6, 6.07) is 4.47. The van der Waals surface area contributed by atoms with Crippen LogP contribution in [0.4, 0.5) is 10.1 Å². The number of thiocarbonyl (C=S) groups is 1. The first-order chi connectivity index (χ1) is 8.04. The van der Waals surface area contributed by atoms with Gasteiger partial charge in [0.1, 0.15) is 5.82 Å². The Labute approximate surface area is 110 Å². The molecule has 0 aliphatic rings. The van der Waals surface area contributed by atoms with Crippen LogP contribution in [0.2, 0.25) is 5.02 Å². The quantitative estimate of drug-likeness (QED) is 0.829. The van der Waals surface area contributed by atoms with Crippen LogP contribution in [-0.2, 0) is 4.74 Å². The molecule has 0 aliphatic carbocycles. The molecule has 0 fully saturated rings. The summed E-state index contributed by atoms with van der Waals surface area (Å²) in [5.41, 5.74) is 0.177. The van der Waals surface area contributed by atoms with Gasteiger partial charge in [-0.05, 0) is 31.3 Å². The molecule has 94 valence electrons. The molecule has 0 aromatic heterocycles. The van der Waals surface area contributed by atoms with Gasteiger partial charge in [0, 0.05) is 13.2 Å². The molecule has 3 nitrogen and oxygen atoms in total.